The largest absolute Gasteiger partial charge is 0.453 e. The van der Waals surface area contributed by atoms with E-state index in [1.54, 1.807) is 0 Å². The highest BCUT2D eigenvalue weighted by molar-refractivity contribution is 5.92. The Morgan fingerprint density at radius 3 is 3.00 bits per heavy atom. The summed E-state index contributed by atoms with van der Waals surface area (Å²) in [5, 5.41) is 0. The van der Waals surface area contributed by atoms with Gasteiger partial charge in [-0.1, -0.05) is 24.3 Å². The van der Waals surface area contributed by atoms with Gasteiger partial charge in [-0.3, -0.25) is 0 Å². The van der Waals surface area contributed by atoms with Crippen molar-refractivity contribution >= 4 is 5.97 Å². The fourth-order valence-electron chi connectivity index (χ4n) is 3.81. The van der Waals surface area contributed by atoms with Crippen LogP contribution in [0.5, 0.6) is 0 Å². The van der Waals surface area contributed by atoms with Crippen molar-refractivity contribution in [1.82, 2.24) is 4.90 Å². The number of nitrogens with zero attached hydrogens (tertiary/aromatic N) is 1. The Morgan fingerprint density at radius 1 is 1.26 bits per heavy atom. The van der Waals surface area contributed by atoms with Crippen LogP contribution in [0.3, 0.4) is 0 Å². The molecule has 0 amide bonds. The first-order valence-electron chi connectivity index (χ1n) is 7.04. The van der Waals surface area contributed by atoms with Crippen LogP contribution in [0.2, 0.25) is 0 Å². The molecule has 1 aromatic carbocycles. The van der Waals surface area contributed by atoms with Gasteiger partial charge in [0.1, 0.15) is 6.10 Å². The Balaban J connectivity index is 1.80. The molecule has 0 aromatic heterocycles. The van der Waals surface area contributed by atoms with E-state index in [-0.39, 0.29) is 12.1 Å². The van der Waals surface area contributed by atoms with Gasteiger partial charge in [-0.25, -0.2) is 4.79 Å². The Labute approximate surface area is 112 Å². The molecular formula is C16H17NO2. The summed E-state index contributed by atoms with van der Waals surface area (Å²) in [5.74, 6) is -0.0974. The topological polar surface area (TPSA) is 29.5 Å². The average molecular weight is 255 g/mol. The first kappa shape index (κ1) is 11.1. The first-order valence-corrected chi connectivity index (χ1v) is 7.04. The molecule has 98 valence electrons. The summed E-state index contributed by atoms with van der Waals surface area (Å²) >= 11 is 0. The maximum atomic E-state index is 11.8. The molecular weight excluding hydrogens is 238 g/mol. The number of ether oxygens (including phenoxy) is 1. The van der Waals surface area contributed by atoms with Gasteiger partial charge in [-0.15, -0.1) is 0 Å². The predicted octanol–water partition coefficient (Wildman–Crippen LogP) is 2.58. The summed E-state index contributed by atoms with van der Waals surface area (Å²) in [6, 6.07) is 9.13. The molecule has 4 rings (SSSR count). The molecule has 3 heteroatoms. The minimum atomic E-state index is -0.0974. The minimum Gasteiger partial charge on any atom is -0.453 e. The average Bonchev–Trinajstić information content (AvgIpc) is 2.74. The van der Waals surface area contributed by atoms with Gasteiger partial charge in [0, 0.05) is 6.54 Å². The Morgan fingerprint density at radius 2 is 2.11 bits per heavy atom. The lowest BCUT2D eigenvalue weighted by molar-refractivity contribution is -0.139. The van der Waals surface area contributed by atoms with E-state index in [2.05, 4.69) is 29.2 Å². The zero-order valence-corrected chi connectivity index (χ0v) is 11.1. The number of rotatable bonds is 0. The quantitative estimate of drug-likeness (QED) is 0.667. The van der Waals surface area contributed by atoms with Gasteiger partial charge in [0.15, 0.2) is 0 Å². The maximum absolute atomic E-state index is 11.8. The SMILES string of the molecule is C[C@@H]1OC(=O)C2=C1N1CCc3ccccc3[C@H]1CC2. The molecule has 0 saturated heterocycles. The molecule has 0 aliphatic carbocycles. The number of cyclic esters (lactones) is 1. The molecule has 0 bridgehead atoms. The molecule has 3 heterocycles. The van der Waals surface area contributed by atoms with Gasteiger partial charge < -0.3 is 9.64 Å². The number of fused-ring (bicyclic) bond motifs is 4. The van der Waals surface area contributed by atoms with Gasteiger partial charge in [-0.2, -0.15) is 0 Å². The monoisotopic (exact) mass is 255 g/mol. The molecule has 1 aromatic rings. The van der Waals surface area contributed by atoms with E-state index < -0.39 is 0 Å². The summed E-state index contributed by atoms with van der Waals surface area (Å²) in [5.41, 5.74) is 4.97. The number of carbonyl (C=O) groups is 1. The molecule has 0 radical (unpaired) electrons. The number of hydrogen-bond donors (Lipinski definition) is 0. The summed E-state index contributed by atoms with van der Waals surface area (Å²) in [6.07, 6.45) is 2.87. The molecule has 0 unspecified atom stereocenters. The lowest BCUT2D eigenvalue weighted by atomic mass is 9.85. The summed E-state index contributed by atoms with van der Waals surface area (Å²) in [4.78, 5) is 14.2. The smallest absolute Gasteiger partial charge is 0.336 e. The number of hydrogen-bond acceptors (Lipinski definition) is 3. The maximum Gasteiger partial charge on any atom is 0.336 e. The van der Waals surface area contributed by atoms with Crippen molar-refractivity contribution in [3.63, 3.8) is 0 Å². The summed E-state index contributed by atoms with van der Waals surface area (Å²) in [7, 11) is 0. The Kier molecular flexibility index (Phi) is 2.25. The van der Waals surface area contributed by atoms with Gasteiger partial charge in [-0.05, 0) is 37.3 Å². The molecule has 0 N–H and O–H groups in total. The highest BCUT2D eigenvalue weighted by atomic mass is 16.5. The van der Waals surface area contributed by atoms with E-state index >= 15 is 0 Å². The fraction of sp³-hybridized carbons (Fsp3) is 0.438. The van der Waals surface area contributed by atoms with E-state index in [4.69, 9.17) is 4.74 Å². The molecule has 3 nitrogen and oxygen atoms in total. The first-order chi connectivity index (χ1) is 9.25. The third-order valence-corrected chi connectivity index (χ3v) is 4.61. The standard InChI is InChI=1S/C16H17NO2/c1-10-15-13(16(18)19-10)6-7-14-12-5-3-2-4-11(12)8-9-17(14)15/h2-5,10,14H,6-9H2,1H3/t10-,14+/m0/s1. The van der Waals surface area contributed by atoms with Crippen molar-refractivity contribution in [1.29, 1.82) is 0 Å². The van der Waals surface area contributed by atoms with Crippen LogP contribution in [-0.4, -0.2) is 23.5 Å². The third-order valence-electron chi connectivity index (χ3n) is 4.61. The summed E-state index contributed by atoms with van der Waals surface area (Å²) < 4.78 is 5.39. The number of esters is 1. The van der Waals surface area contributed by atoms with Crippen molar-refractivity contribution in [2.24, 2.45) is 0 Å². The van der Waals surface area contributed by atoms with E-state index in [1.165, 1.54) is 11.1 Å². The van der Waals surface area contributed by atoms with Crippen LogP contribution in [0.4, 0.5) is 0 Å². The molecule has 2 atom stereocenters. The van der Waals surface area contributed by atoms with Gasteiger partial charge in [0.05, 0.1) is 17.3 Å². The van der Waals surface area contributed by atoms with E-state index in [0.29, 0.717) is 6.04 Å². The highest BCUT2D eigenvalue weighted by Gasteiger charge is 2.42. The Bertz CT molecular complexity index is 590. The molecule has 19 heavy (non-hydrogen) atoms. The second-order valence-corrected chi connectivity index (χ2v) is 5.61. The molecule has 0 spiro atoms. The normalized spacial score (nSPS) is 28.7. The lowest BCUT2D eigenvalue weighted by Crippen LogP contribution is -2.39. The number of benzene rings is 1. The predicted molar refractivity (Wildman–Crippen MR) is 71.4 cm³/mol. The van der Waals surface area contributed by atoms with Gasteiger partial charge >= 0.3 is 5.97 Å². The zero-order valence-electron chi connectivity index (χ0n) is 11.1. The van der Waals surface area contributed by atoms with Crippen LogP contribution >= 0.6 is 0 Å². The minimum absolute atomic E-state index is 0.0736. The molecule has 0 fully saturated rings. The summed E-state index contributed by atoms with van der Waals surface area (Å²) in [6.45, 7) is 2.99. The zero-order chi connectivity index (χ0) is 13.0. The fourth-order valence-corrected chi connectivity index (χ4v) is 3.81. The molecule has 3 aliphatic rings. The van der Waals surface area contributed by atoms with Crippen molar-refractivity contribution < 1.29 is 9.53 Å². The van der Waals surface area contributed by atoms with Gasteiger partial charge in [0.2, 0.25) is 0 Å². The third kappa shape index (κ3) is 1.47. The second-order valence-electron chi connectivity index (χ2n) is 5.61. The number of carbonyl (C=O) groups excluding carboxylic acids is 1. The van der Waals surface area contributed by atoms with Crippen LogP contribution in [0, 0.1) is 0 Å². The Hall–Kier alpha value is -1.77. The van der Waals surface area contributed by atoms with Crippen LogP contribution in [-0.2, 0) is 16.0 Å². The van der Waals surface area contributed by atoms with Crippen molar-refractivity contribution in [2.75, 3.05) is 6.54 Å². The van der Waals surface area contributed by atoms with E-state index in [0.717, 1.165) is 37.1 Å². The van der Waals surface area contributed by atoms with Crippen LogP contribution in [0.25, 0.3) is 0 Å². The van der Waals surface area contributed by atoms with Crippen molar-refractivity contribution in [3.8, 4) is 0 Å². The molecule has 3 aliphatic heterocycles. The van der Waals surface area contributed by atoms with Crippen molar-refractivity contribution in [2.45, 2.75) is 38.3 Å². The molecule has 0 saturated carbocycles. The second kappa shape index (κ2) is 3.86. The van der Waals surface area contributed by atoms with Crippen LogP contribution in [0.1, 0.15) is 36.9 Å². The van der Waals surface area contributed by atoms with E-state index in [1.807, 2.05) is 6.92 Å². The van der Waals surface area contributed by atoms with Crippen LogP contribution in [0.15, 0.2) is 35.5 Å². The van der Waals surface area contributed by atoms with E-state index in [9.17, 15) is 4.79 Å². The lowest BCUT2D eigenvalue weighted by Gasteiger charge is -2.43. The van der Waals surface area contributed by atoms with Crippen LogP contribution < -0.4 is 0 Å². The van der Waals surface area contributed by atoms with Gasteiger partial charge in [0.25, 0.3) is 0 Å². The van der Waals surface area contributed by atoms with Crippen molar-refractivity contribution in [3.05, 3.63) is 46.7 Å². The highest BCUT2D eigenvalue weighted by Crippen LogP contribution is 2.44.